The molecule has 12 heteroatoms. The number of nitrogens with one attached hydrogen (secondary N) is 3. The molecule has 1 aromatic rings. The molecule has 1 heterocycles. The Labute approximate surface area is 247 Å². The topological polar surface area (TPSA) is 163 Å². The molecule has 0 bridgehead atoms. The van der Waals surface area contributed by atoms with Crippen LogP contribution in [0.4, 0.5) is 0 Å². The van der Waals surface area contributed by atoms with E-state index in [9.17, 15) is 29.1 Å². The second-order valence-corrected chi connectivity index (χ2v) is 11.5. The second-order valence-electron chi connectivity index (χ2n) is 11.5. The van der Waals surface area contributed by atoms with Gasteiger partial charge in [0.2, 0.25) is 23.6 Å². The van der Waals surface area contributed by atoms with E-state index in [-0.39, 0.29) is 36.2 Å². The molecule has 0 saturated carbocycles. The Bertz CT molecular complexity index is 1150. The molecule has 2 rings (SSSR count). The average Bonchev–Trinajstić information content (AvgIpc) is 3.46. The van der Waals surface area contributed by atoms with Gasteiger partial charge in [-0.25, -0.2) is 4.79 Å². The molecular weight excluding hydrogens is 544 g/mol. The predicted molar refractivity (Wildman–Crippen MR) is 156 cm³/mol. The summed E-state index contributed by atoms with van der Waals surface area (Å²) in [6.45, 7) is 9.57. The number of carbonyl (C=O) groups is 5. The maximum atomic E-state index is 13.2. The Morgan fingerprint density at radius 2 is 1.74 bits per heavy atom. The molecule has 0 aliphatic carbocycles. The van der Waals surface area contributed by atoms with Crippen LogP contribution >= 0.6 is 0 Å². The fourth-order valence-electron chi connectivity index (χ4n) is 4.23. The number of methoxy groups -OCH3 is 1. The third-order valence-corrected chi connectivity index (χ3v) is 6.43. The van der Waals surface area contributed by atoms with Gasteiger partial charge in [-0.05, 0) is 69.7 Å². The zero-order chi connectivity index (χ0) is 31.4. The lowest BCUT2D eigenvalue weighted by atomic mass is 10.0. The largest absolute Gasteiger partial charge is 0.504 e. The molecule has 1 saturated heterocycles. The van der Waals surface area contributed by atoms with Gasteiger partial charge in [-0.3, -0.25) is 19.2 Å². The summed E-state index contributed by atoms with van der Waals surface area (Å²) in [4.78, 5) is 65.3. The fraction of sp³-hybridized carbons (Fsp3) is 0.567. The van der Waals surface area contributed by atoms with E-state index in [2.05, 4.69) is 16.0 Å². The fourth-order valence-corrected chi connectivity index (χ4v) is 4.23. The number of hydrogen-bond donors (Lipinski definition) is 4. The summed E-state index contributed by atoms with van der Waals surface area (Å²) in [7, 11) is 1.41. The number of rotatable bonds is 13. The molecule has 2 atom stereocenters. The smallest absolute Gasteiger partial charge is 0.329 e. The van der Waals surface area contributed by atoms with Gasteiger partial charge in [0, 0.05) is 25.6 Å². The molecule has 1 aliphatic rings. The van der Waals surface area contributed by atoms with E-state index < -0.39 is 47.9 Å². The summed E-state index contributed by atoms with van der Waals surface area (Å²) >= 11 is 0. The lowest BCUT2D eigenvalue weighted by Gasteiger charge is -2.27. The molecule has 1 fully saturated rings. The lowest BCUT2D eigenvalue weighted by Crippen LogP contribution is -2.55. The van der Waals surface area contributed by atoms with Crippen molar-refractivity contribution in [2.24, 2.45) is 5.92 Å². The Morgan fingerprint density at radius 3 is 2.33 bits per heavy atom. The SMILES string of the molecule is COc1cc(/C=C/C(=O)NCC(=O)N[C@H](C(=O)N[C@H](CCC(=O)N2CCCC2)C(=O)OC(C)(C)C)C(C)C)ccc1O. The number of ether oxygens (including phenoxy) is 2. The van der Waals surface area contributed by atoms with Gasteiger partial charge in [0.25, 0.3) is 0 Å². The number of carbonyl (C=O) groups excluding carboxylic acids is 5. The maximum Gasteiger partial charge on any atom is 0.329 e. The van der Waals surface area contributed by atoms with Gasteiger partial charge in [-0.15, -0.1) is 0 Å². The second kappa shape index (κ2) is 15.8. The third kappa shape index (κ3) is 11.4. The van der Waals surface area contributed by atoms with Gasteiger partial charge in [-0.1, -0.05) is 19.9 Å². The first-order valence-electron chi connectivity index (χ1n) is 14.1. The Balaban J connectivity index is 1.98. The maximum absolute atomic E-state index is 13.2. The van der Waals surface area contributed by atoms with Crippen molar-refractivity contribution in [1.29, 1.82) is 0 Å². The number of amides is 4. The van der Waals surface area contributed by atoms with E-state index in [1.54, 1.807) is 51.7 Å². The van der Waals surface area contributed by atoms with Crippen LogP contribution in [0.1, 0.15) is 65.9 Å². The van der Waals surface area contributed by atoms with Crippen molar-refractivity contribution in [2.45, 2.75) is 78.0 Å². The molecule has 4 amide bonds. The van der Waals surface area contributed by atoms with Crippen LogP contribution in [0.5, 0.6) is 11.5 Å². The first kappa shape index (κ1) is 34.1. The minimum Gasteiger partial charge on any atom is -0.504 e. The summed E-state index contributed by atoms with van der Waals surface area (Å²) in [5.41, 5.74) is -0.200. The zero-order valence-electron chi connectivity index (χ0n) is 25.3. The Hall–Kier alpha value is -4.09. The first-order chi connectivity index (χ1) is 19.7. The van der Waals surface area contributed by atoms with Crippen LogP contribution < -0.4 is 20.7 Å². The van der Waals surface area contributed by atoms with Crippen LogP contribution in [0.15, 0.2) is 24.3 Å². The summed E-state index contributed by atoms with van der Waals surface area (Å²) in [6, 6.07) is 2.48. The van der Waals surface area contributed by atoms with Crippen molar-refractivity contribution in [3.05, 3.63) is 29.8 Å². The van der Waals surface area contributed by atoms with Crippen molar-refractivity contribution < 1.29 is 38.6 Å². The number of likely N-dealkylation sites (tertiary alicyclic amines) is 1. The van der Waals surface area contributed by atoms with Gasteiger partial charge >= 0.3 is 5.97 Å². The van der Waals surface area contributed by atoms with Crippen LogP contribution in [0.2, 0.25) is 0 Å². The summed E-state index contributed by atoms with van der Waals surface area (Å²) in [6.07, 6.45) is 4.73. The van der Waals surface area contributed by atoms with Crippen molar-refractivity contribution in [3.8, 4) is 11.5 Å². The predicted octanol–water partition coefficient (Wildman–Crippen LogP) is 1.90. The Morgan fingerprint density at radius 1 is 1.07 bits per heavy atom. The molecule has 0 spiro atoms. The number of phenolic OH excluding ortho intramolecular Hbond substituents is 1. The highest BCUT2D eigenvalue weighted by Crippen LogP contribution is 2.26. The van der Waals surface area contributed by atoms with Crippen molar-refractivity contribution >= 4 is 35.7 Å². The molecule has 42 heavy (non-hydrogen) atoms. The molecule has 12 nitrogen and oxygen atoms in total. The summed E-state index contributed by atoms with van der Waals surface area (Å²) in [5, 5.41) is 17.4. The lowest BCUT2D eigenvalue weighted by molar-refractivity contribution is -0.159. The molecule has 0 radical (unpaired) electrons. The molecule has 0 aromatic heterocycles. The Kier molecular flexibility index (Phi) is 12.8. The average molecular weight is 589 g/mol. The zero-order valence-corrected chi connectivity index (χ0v) is 25.3. The molecule has 232 valence electrons. The van der Waals surface area contributed by atoms with Crippen LogP contribution in [0.3, 0.4) is 0 Å². The van der Waals surface area contributed by atoms with Crippen LogP contribution in [-0.4, -0.2) is 84.0 Å². The van der Waals surface area contributed by atoms with E-state index >= 15 is 0 Å². The molecular formula is C30H44N4O8. The van der Waals surface area contributed by atoms with Crippen molar-refractivity contribution in [1.82, 2.24) is 20.9 Å². The number of aromatic hydroxyl groups is 1. The number of esters is 1. The number of phenols is 1. The molecule has 1 aromatic carbocycles. The van der Waals surface area contributed by atoms with Gasteiger partial charge < -0.3 is 35.4 Å². The van der Waals surface area contributed by atoms with Gasteiger partial charge in [-0.2, -0.15) is 0 Å². The summed E-state index contributed by atoms with van der Waals surface area (Å²) < 4.78 is 10.5. The third-order valence-electron chi connectivity index (χ3n) is 6.43. The van der Waals surface area contributed by atoms with E-state index in [4.69, 9.17) is 9.47 Å². The minimum atomic E-state index is -1.08. The van der Waals surface area contributed by atoms with Gasteiger partial charge in [0.15, 0.2) is 11.5 Å². The van der Waals surface area contributed by atoms with E-state index in [1.807, 2.05) is 0 Å². The first-order valence-corrected chi connectivity index (χ1v) is 14.1. The van der Waals surface area contributed by atoms with Gasteiger partial charge in [0.1, 0.15) is 17.7 Å². The highest BCUT2D eigenvalue weighted by atomic mass is 16.6. The molecule has 0 unspecified atom stereocenters. The summed E-state index contributed by atoms with van der Waals surface area (Å²) in [5.74, 6) is -2.63. The van der Waals surface area contributed by atoms with Gasteiger partial charge in [0.05, 0.1) is 13.7 Å². The van der Waals surface area contributed by atoms with Crippen LogP contribution in [0.25, 0.3) is 6.08 Å². The molecule has 4 N–H and O–H groups in total. The number of benzene rings is 1. The number of hydrogen-bond acceptors (Lipinski definition) is 8. The monoisotopic (exact) mass is 588 g/mol. The van der Waals surface area contributed by atoms with Crippen molar-refractivity contribution in [3.63, 3.8) is 0 Å². The van der Waals surface area contributed by atoms with Crippen molar-refractivity contribution in [2.75, 3.05) is 26.7 Å². The normalized spacial score (nSPS) is 14.8. The highest BCUT2D eigenvalue weighted by molar-refractivity contribution is 5.96. The van der Waals surface area contributed by atoms with E-state index in [0.29, 0.717) is 18.7 Å². The minimum absolute atomic E-state index is 0.0347. The molecule has 1 aliphatic heterocycles. The van der Waals surface area contributed by atoms with E-state index in [0.717, 1.165) is 12.8 Å². The van der Waals surface area contributed by atoms with Crippen LogP contribution in [0, 0.1) is 5.92 Å². The highest BCUT2D eigenvalue weighted by Gasteiger charge is 2.32. The van der Waals surface area contributed by atoms with E-state index in [1.165, 1.54) is 25.3 Å². The quantitative estimate of drug-likeness (QED) is 0.201. The number of nitrogens with zero attached hydrogens (tertiary/aromatic N) is 1. The standard InChI is InChI=1S/C30H44N4O8/c1-19(2)27(33-25(37)18-31-24(36)13-10-20-9-12-22(35)23(17-20)41-6)28(39)32-21(29(40)42-30(3,4)5)11-14-26(38)34-15-7-8-16-34/h9-10,12-13,17,19,21,27,35H,7-8,11,14-16,18H2,1-6H3,(H,31,36)(H,32,39)(H,33,37)/b13-10+/t21-,27+/m1/s1. The van der Waals surface area contributed by atoms with Crippen LogP contribution in [-0.2, 0) is 28.7 Å².